The summed E-state index contributed by atoms with van der Waals surface area (Å²) >= 11 is 0. The molecule has 11 heteroatoms. The second-order valence-electron chi connectivity index (χ2n) is 7.67. The van der Waals surface area contributed by atoms with Crippen molar-refractivity contribution in [3.05, 3.63) is 35.5 Å². The number of nitrogens with one attached hydrogen (secondary N) is 1. The fourth-order valence-electron chi connectivity index (χ4n) is 3.55. The van der Waals surface area contributed by atoms with Crippen LogP contribution in [0.3, 0.4) is 0 Å². The van der Waals surface area contributed by atoms with Crippen LogP contribution in [0.25, 0.3) is 11.3 Å². The highest BCUT2D eigenvalue weighted by Gasteiger charge is 2.33. The SMILES string of the molecule is CC1CN(CC(=O)N(C)CCC#N)C(=O)c2cc(-c3ccc(C#N)cc3NC(=O)CF)nn21. The number of benzene rings is 1. The average molecular weight is 451 g/mol. The predicted molar refractivity (Wildman–Crippen MR) is 115 cm³/mol. The minimum absolute atomic E-state index is 0.125. The Balaban J connectivity index is 1.90. The van der Waals surface area contributed by atoms with Gasteiger partial charge in [0.05, 0.1) is 41.5 Å². The first-order valence-corrected chi connectivity index (χ1v) is 10.2. The largest absolute Gasteiger partial charge is 0.343 e. The van der Waals surface area contributed by atoms with Crippen molar-refractivity contribution in [1.82, 2.24) is 19.6 Å². The van der Waals surface area contributed by atoms with Crippen molar-refractivity contribution in [3.8, 4) is 23.4 Å². The number of anilines is 1. The van der Waals surface area contributed by atoms with Gasteiger partial charge in [-0.1, -0.05) is 0 Å². The smallest absolute Gasteiger partial charge is 0.272 e. The Morgan fingerprint density at radius 3 is 2.76 bits per heavy atom. The Morgan fingerprint density at radius 1 is 1.33 bits per heavy atom. The van der Waals surface area contributed by atoms with Crippen LogP contribution in [0.2, 0.25) is 0 Å². The van der Waals surface area contributed by atoms with E-state index in [0.717, 1.165) is 0 Å². The molecule has 0 aliphatic carbocycles. The fraction of sp³-hybridized carbons (Fsp3) is 0.364. The summed E-state index contributed by atoms with van der Waals surface area (Å²) in [4.78, 5) is 40.0. The van der Waals surface area contributed by atoms with Gasteiger partial charge in [0.25, 0.3) is 11.8 Å². The summed E-state index contributed by atoms with van der Waals surface area (Å²) in [7, 11) is 1.58. The maximum Gasteiger partial charge on any atom is 0.272 e. The molecular formula is C22H22FN7O3. The Labute approximate surface area is 189 Å². The van der Waals surface area contributed by atoms with Crippen molar-refractivity contribution in [3.63, 3.8) is 0 Å². The van der Waals surface area contributed by atoms with Crippen molar-refractivity contribution >= 4 is 23.4 Å². The van der Waals surface area contributed by atoms with Crippen LogP contribution in [-0.2, 0) is 9.59 Å². The van der Waals surface area contributed by atoms with E-state index in [0.29, 0.717) is 11.3 Å². The van der Waals surface area contributed by atoms with Crippen LogP contribution in [-0.4, -0.2) is 70.7 Å². The first-order chi connectivity index (χ1) is 15.8. The van der Waals surface area contributed by atoms with E-state index in [-0.39, 0.29) is 60.9 Å². The number of amides is 3. The molecule has 1 N–H and O–H groups in total. The molecule has 3 amide bonds. The molecule has 0 saturated carbocycles. The lowest BCUT2D eigenvalue weighted by Gasteiger charge is -2.32. The first-order valence-electron chi connectivity index (χ1n) is 10.2. The number of alkyl halides is 1. The molecule has 2 aromatic rings. The summed E-state index contributed by atoms with van der Waals surface area (Å²) in [5.41, 5.74) is 1.54. The summed E-state index contributed by atoms with van der Waals surface area (Å²) in [5.74, 6) is -1.52. The first kappa shape index (κ1) is 23.4. The molecule has 0 spiro atoms. The number of hydrogen-bond acceptors (Lipinski definition) is 6. The molecule has 0 saturated heterocycles. The number of fused-ring (bicyclic) bond motifs is 1. The van der Waals surface area contributed by atoms with Gasteiger partial charge in [-0.3, -0.25) is 19.1 Å². The lowest BCUT2D eigenvalue weighted by atomic mass is 10.1. The number of nitrogens with zero attached hydrogens (tertiary/aromatic N) is 6. The number of carbonyl (C=O) groups excluding carboxylic acids is 3. The van der Waals surface area contributed by atoms with Gasteiger partial charge in [0, 0.05) is 25.7 Å². The minimum Gasteiger partial charge on any atom is -0.343 e. The Morgan fingerprint density at radius 2 is 2.09 bits per heavy atom. The monoisotopic (exact) mass is 451 g/mol. The number of aromatic nitrogens is 2. The highest BCUT2D eigenvalue weighted by Crippen LogP contribution is 2.31. The Bertz CT molecular complexity index is 1180. The number of likely N-dealkylation sites (N-methyl/N-ethyl adjacent to an activating group) is 1. The number of carbonyl (C=O) groups is 3. The van der Waals surface area contributed by atoms with Crippen LogP contribution in [0, 0.1) is 22.7 Å². The maximum absolute atomic E-state index is 13.1. The standard InChI is InChI=1S/C22H22FN7O3/c1-14-12-29(13-21(32)28(2)7-3-6-24)22(33)19-9-18(27-30(14)19)16-5-4-15(11-25)8-17(16)26-20(31)10-23/h4-5,8-9,14H,3,7,10,12-13H2,1-2H3,(H,26,31). The van der Waals surface area contributed by atoms with E-state index < -0.39 is 12.6 Å². The molecule has 0 fully saturated rings. The zero-order chi connectivity index (χ0) is 24.1. The second-order valence-corrected chi connectivity index (χ2v) is 7.67. The van der Waals surface area contributed by atoms with Gasteiger partial charge in [0.15, 0.2) is 6.67 Å². The molecule has 1 aliphatic rings. The van der Waals surface area contributed by atoms with Gasteiger partial charge >= 0.3 is 0 Å². The van der Waals surface area contributed by atoms with Gasteiger partial charge in [0.1, 0.15) is 12.2 Å². The van der Waals surface area contributed by atoms with Crippen LogP contribution in [0.4, 0.5) is 10.1 Å². The van der Waals surface area contributed by atoms with E-state index in [1.807, 2.05) is 19.1 Å². The quantitative estimate of drug-likeness (QED) is 0.681. The molecule has 1 aromatic carbocycles. The van der Waals surface area contributed by atoms with Gasteiger partial charge < -0.3 is 15.1 Å². The van der Waals surface area contributed by atoms with Crippen LogP contribution in [0.1, 0.15) is 35.4 Å². The predicted octanol–water partition coefficient (Wildman–Crippen LogP) is 1.72. The molecule has 2 heterocycles. The van der Waals surface area contributed by atoms with Crippen molar-refractivity contribution in [2.45, 2.75) is 19.4 Å². The summed E-state index contributed by atoms with van der Waals surface area (Å²) in [6.07, 6.45) is 0.203. The minimum atomic E-state index is -1.22. The maximum atomic E-state index is 13.1. The number of halogens is 1. The summed E-state index contributed by atoms with van der Waals surface area (Å²) < 4.78 is 14.3. The van der Waals surface area contributed by atoms with Crippen LogP contribution in [0.5, 0.6) is 0 Å². The summed E-state index contributed by atoms with van der Waals surface area (Å²) in [5, 5.41) is 24.8. The van der Waals surface area contributed by atoms with Crippen LogP contribution < -0.4 is 5.32 Å². The molecular weight excluding hydrogens is 429 g/mol. The number of rotatable bonds is 7. The number of nitriles is 2. The summed E-state index contributed by atoms with van der Waals surface area (Å²) in [6, 6.07) is 9.77. The van der Waals surface area contributed by atoms with Gasteiger partial charge in [-0.2, -0.15) is 15.6 Å². The van der Waals surface area contributed by atoms with Gasteiger partial charge in [-0.25, -0.2) is 4.39 Å². The molecule has 0 bridgehead atoms. The zero-order valence-electron chi connectivity index (χ0n) is 18.2. The Kier molecular flexibility index (Phi) is 7.04. The molecule has 3 rings (SSSR count). The lowest BCUT2D eigenvalue weighted by Crippen LogP contribution is -2.47. The molecule has 1 aromatic heterocycles. The highest BCUT2D eigenvalue weighted by molar-refractivity contribution is 5.99. The molecule has 0 radical (unpaired) electrons. The van der Waals surface area contributed by atoms with E-state index in [9.17, 15) is 18.8 Å². The fourth-order valence-corrected chi connectivity index (χ4v) is 3.55. The molecule has 1 unspecified atom stereocenters. The average Bonchev–Trinajstić information content (AvgIpc) is 3.26. The number of hydrogen-bond donors (Lipinski definition) is 1. The molecule has 1 aliphatic heterocycles. The third-order valence-electron chi connectivity index (χ3n) is 5.28. The van der Waals surface area contributed by atoms with Crippen molar-refractivity contribution in [1.29, 1.82) is 10.5 Å². The Hall–Kier alpha value is -4.25. The zero-order valence-corrected chi connectivity index (χ0v) is 18.2. The molecule has 10 nitrogen and oxygen atoms in total. The van der Waals surface area contributed by atoms with E-state index in [2.05, 4.69) is 10.4 Å². The molecule has 33 heavy (non-hydrogen) atoms. The van der Waals surface area contributed by atoms with Gasteiger partial charge in [-0.15, -0.1) is 0 Å². The molecule has 1 atom stereocenters. The summed E-state index contributed by atoms with van der Waals surface area (Å²) in [6.45, 7) is 1.05. The van der Waals surface area contributed by atoms with E-state index in [1.165, 1.54) is 21.9 Å². The van der Waals surface area contributed by atoms with E-state index in [4.69, 9.17) is 10.5 Å². The third kappa shape index (κ3) is 4.99. The van der Waals surface area contributed by atoms with E-state index >= 15 is 0 Å². The van der Waals surface area contributed by atoms with Crippen LogP contribution in [0.15, 0.2) is 24.3 Å². The van der Waals surface area contributed by atoms with Crippen molar-refractivity contribution < 1.29 is 18.8 Å². The van der Waals surface area contributed by atoms with Crippen molar-refractivity contribution in [2.75, 3.05) is 38.7 Å². The van der Waals surface area contributed by atoms with Gasteiger partial charge in [0.2, 0.25) is 5.91 Å². The lowest BCUT2D eigenvalue weighted by molar-refractivity contribution is -0.130. The van der Waals surface area contributed by atoms with E-state index in [1.54, 1.807) is 23.9 Å². The highest BCUT2D eigenvalue weighted by atomic mass is 19.1. The normalized spacial score (nSPS) is 14.8. The van der Waals surface area contributed by atoms with Gasteiger partial charge in [-0.05, 0) is 31.2 Å². The topological polar surface area (TPSA) is 135 Å². The molecule has 170 valence electrons. The van der Waals surface area contributed by atoms with Crippen LogP contribution >= 0.6 is 0 Å². The van der Waals surface area contributed by atoms with Crippen molar-refractivity contribution in [2.24, 2.45) is 0 Å². The third-order valence-corrected chi connectivity index (χ3v) is 5.28. The second kappa shape index (κ2) is 9.92.